The smallest absolute Gasteiger partial charge is 0.229 e. The van der Waals surface area contributed by atoms with Gasteiger partial charge in [-0.05, 0) is 41.3 Å². The first-order chi connectivity index (χ1) is 13.6. The maximum absolute atomic E-state index is 12.4. The summed E-state index contributed by atoms with van der Waals surface area (Å²) in [6.45, 7) is 0.465. The second kappa shape index (κ2) is 7.37. The number of nitriles is 1. The minimum atomic E-state index is -0.114. The normalized spacial score (nSPS) is 10.7. The van der Waals surface area contributed by atoms with E-state index in [4.69, 9.17) is 5.26 Å². The Balaban J connectivity index is 1.38. The summed E-state index contributed by atoms with van der Waals surface area (Å²) in [6.07, 6.45) is 5.61. The number of aryl methyl sites for hydroxylation is 1. The average Bonchev–Trinajstić information content (AvgIpc) is 3.28. The zero-order valence-corrected chi connectivity index (χ0v) is 15.3. The highest BCUT2D eigenvalue weighted by Gasteiger charge is 2.08. The van der Waals surface area contributed by atoms with E-state index in [9.17, 15) is 4.79 Å². The molecule has 3 heterocycles. The number of nitrogens with zero attached hydrogens (tertiary/aromatic N) is 5. The molecule has 0 fully saturated rings. The zero-order chi connectivity index (χ0) is 19.5. The molecule has 4 aromatic rings. The van der Waals surface area contributed by atoms with Crippen molar-refractivity contribution in [3.63, 3.8) is 0 Å². The molecule has 1 N–H and O–H groups in total. The van der Waals surface area contributed by atoms with Crippen molar-refractivity contribution in [1.29, 1.82) is 5.26 Å². The van der Waals surface area contributed by atoms with E-state index < -0.39 is 0 Å². The van der Waals surface area contributed by atoms with E-state index in [0.717, 1.165) is 22.2 Å². The lowest BCUT2D eigenvalue weighted by Gasteiger charge is -2.04. The molecule has 3 aromatic heterocycles. The summed E-state index contributed by atoms with van der Waals surface area (Å²) < 4.78 is 3.74. The van der Waals surface area contributed by atoms with Gasteiger partial charge in [0.2, 0.25) is 5.91 Å². The number of aromatic nitrogens is 4. The van der Waals surface area contributed by atoms with Gasteiger partial charge in [0.1, 0.15) is 6.07 Å². The number of pyridine rings is 1. The van der Waals surface area contributed by atoms with Crippen molar-refractivity contribution in [2.75, 3.05) is 5.32 Å². The summed E-state index contributed by atoms with van der Waals surface area (Å²) in [5.74, 6) is 0.386. The molecule has 0 aliphatic rings. The molecule has 7 nitrogen and oxygen atoms in total. The Morgan fingerprint density at radius 1 is 1.18 bits per heavy atom. The van der Waals surface area contributed by atoms with Crippen LogP contribution < -0.4 is 5.32 Å². The second-order valence-electron chi connectivity index (χ2n) is 6.59. The lowest BCUT2D eigenvalue weighted by molar-refractivity contribution is -0.115. The molecule has 0 aliphatic heterocycles. The molecule has 0 spiro atoms. The fourth-order valence-corrected chi connectivity index (χ4v) is 3.08. The molecule has 28 heavy (non-hydrogen) atoms. The van der Waals surface area contributed by atoms with Crippen LogP contribution in [-0.4, -0.2) is 25.2 Å². The number of benzene rings is 1. The van der Waals surface area contributed by atoms with Crippen LogP contribution in [0.4, 0.5) is 5.82 Å². The molecule has 0 saturated heterocycles. The van der Waals surface area contributed by atoms with Gasteiger partial charge in [0.25, 0.3) is 0 Å². The molecule has 0 aliphatic carbocycles. The molecular formula is C21H18N6O. The molecule has 0 saturated carbocycles. The third-order valence-electron chi connectivity index (χ3n) is 4.50. The lowest BCUT2D eigenvalue weighted by Crippen LogP contribution is -2.15. The minimum absolute atomic E-state index is 0.114. The van der Waals surface area contributed by atoms with Crippen molar-refractivity contribution in [2.45, 2.75) is 13.0 Å². The Bertz CT molecular complexity index is 1180. The van der Waals surface area contributed by atoms with Gasteiger partial charge in [-0.25, -0.2) is 0 Å². The number of carbonyl (C=O) groups is 1. The van der Waals surface area contributed by atoms with E-state index in [1.165, 1.54) is 6.20 Å². The first-order valence-corrected chi connectivity index (χ1v) is 8.83. The summed E-state index contributed by atoms with van der Waals surface area (Å²) in [7, 11) is 2.00. The number of anilines is 1. The number of carbonyl (C=O) groups excluding carboxylic acids is 1. The van der Waals surface area contributed by atoms with E-state index in [1.54, 1.807) is 29.1 Å². The van der Waals surface area contributed by atoms with Crippen molar-refractivity contribution < 1.29 is 4.79 Å². The van der Waals surface area contributed by atoms with Gasteiger partial charge in [0.05, 0.1) is 24.2 Å². The minimum Gasteiger partial charge on any atom is -0.351 e. The fraction of sp³-hybridized carbons (Fsp3) is 0.143. The van der Waals surface area contributed by atoms with Gasteiger partial charge in [-0.2, -0.15) is 10.4 Å². The van der Waals surface area contributed by atoms with Crippen molar-refractivity contribution >= 4 is 22.6 Å². The molecule has 1 aromatic carbocycles. The SMILES string of the molecule is Cn1ccc2cc(CC(=O)Nc3ccn(Cc4ccc(C#N)cn4)n3)ccc21. The Morgan fingerprint density at radius 3 is 2.86 bits per heavy atom. The standard InChI is InChI=1S/C21H18N6O/c1-26-8-6-17-10-15(3-5-19(17)26)11-21(28)24-20-7-9-27(25-20)14-18-4-2-16(12-22)13-23-18/h2-10,13H,11,14H2,1H3,(H,24,25,28). The van der Waals surface area contributed by atoms with E-state index in [1.807, 2.05) is 43.6 Å². The van der Waals surface area contributed by atoms with Crippen LogP contribution in [0.2, 0.25) is 0 Å². The van der Waals surface area contributed by atoms with Gasteiger partial charge < -0.3 is 9.88 Å². The fourth-order valence-electron chi connectivity index (χ4n) is 3.08. The molecule has 0 bridgehead atoms. The summed E-state index contributed by atoms with van der Waals surface area (Å²) in [4.78, 5) is 16.6. The third-order valence-corrected chi connectivity index (χ3v) is 4.50. The predicted molar refractivity (Wildman–Crippen MR) is 106 cm³/mol. The largest absolute Gasteiger partial charge is 0.351 e. The highest BCUT2D eigenvalue weighted by Crippen LogP contribution is 2.17. The number of hydrogen-bond acceptors (Lipinski definition) is 4. The van der Waals surface area contributed by atoms with Crippen LogP contribution in [0.3, 0.4) is 0 Å². The van der Waals surface area contributed by atoms with E-state index >= 15 is 0 Å². The summed E-state index contributed by atoms with van der Waals surface area (Å²) in [6, 6.07) is 15.4. The average molecular weight is 370 g/mol. The monoisotopic (exact) mass is 370 g/mol. The lowest BCUT2D eigenvalue weighted by atomic mass is 10.1. The van der Waals surface area contributed by atoms with Gasteiger partial charge in [-0.1, -0.05) is 6.07 Å². The molecule has 138 valence electrons. The van der Waals surface area contributed by atoms with E-state index in [0.29, 0.717) is 17.9 Å². The van der Waals surface area contributed by atoms with Crippen LogP contribution in [-0.2, 0) is 24.8 Å². The van der Waals surface area contributed by atoms with E-state index in [-0.39, 0.29) is 12.3 Å². The molecule has 0 radical (unpaired) electrons. The van der Waals surface area contributed by atoms with Gasteiger partial charge in [0.15, 0.2) is 5.82 Å². The summed E-state index contributed by atoms with van der Waals surface area (Å²) >= 11 is 0. The molecule has 0 atom stereocenters. The third kappa shape index (κ3) is 3.76. The Hall–Kier alpha value is -3.92. The molecular weight excluding hydrogens is 352 g/mol. The van der Waals surface area contributed by atoms with Crippen molar-refractivity contribution in [3.05, 3.63) is 77.9 Å². The highest BCUT2D eigenvalue weighted by atomic mass is 16.1. The topological polar surface area (TPSA) is 88.5 Å². The molecule has 1 amide bonds. The second-order valence-corrected chi connectivity index (χ2v) is 6.59. The van der Waals surface area contributed by atoms with Gasteiger partial charge in [0, 0.05) is 37.2 Å². The Morgan fingerprint density at radius 2 is 2.07 bits per heavy atom. The van der Waals surface area contributed by atoms with Gasteiger partial charge in [-0.15, -0.1) is 0 Å². The molecule has 0 unspecified atom stereocenters. The Kier molecular flexibility index (Phi) is 4.60. The van der Waals surface area contributed by atoms with Crippen LogP contribution >= 0.6 is 0 Å². The number of nitrogens with one attached hydrogen (secondary N) is 1. The van der Waals surface area contributed by atoms with Crippen LogP contribution in [0.15, 0.2) is 61.1 Å². The Labute approximate surface area is 161 Å². The summed E-state index contributed by atoms with van der Waals surface area (Å²) in [5, 5.41) is 17.1. The molecule has 4 rings (SSSR count). The highest BCUT2D eigenvalue weighted by molar-refractivity contribution is 5.92. The van der Waals surface area contributed by atoms with Crippen LogP contribution in [0.25, 0.3) is 10.9 Å². The van der Waals surface area contributed by atoms with Gasteiger partial charge in [-0.3, -0.25) is 14.5 Å². The van der Waals surface area contributed by atoms with Crippen molar-refractivity contribution in [3.8, 4) is 6.07 Å². The van der Waals surface area contributed by atoms with Crippen LogP contribution in [0.1, 0.15) is 16.8 Å². The van der Waals surface area contributed by atoms with Crippen molar-refractivity contribution in [1.82, 2.24) is 19.3 Å². The zero-order valence-electron chi connectivity index (χ0n) is 15.3. The predicted octanol–water partition coefficient (Wildman–Crippen LogP) is 2.87. The maximum atomic E-state index is 12.4. The quantitative estimate of drug-likeness (QED) is 0.585. The van der Waals surface area contributed by atoms with Crippen LogP contribution in [0, 0.1) is 11.3 Å². The van der Waals surface area contributed by atoms with E-state index in [2.05, 4.69) is 20.0 Å². The summed E-state index contributed by atoms with van der Waals surface area (Å²) in [5.41, 5.74) is 3.40. The maximum Gasteiger partial charge on any atom is 0.229 e. The van der Waals surface area contributed by atoms with Gasteiger partial charge >= 0.3 is 0 Å². The number of fused-ring (bicyclic) bond motifs is 1. The number of amides is 1. The number of rotatable bonds is 5. The number of hydrogen-bond donors (Lipinski definition) is 1. The van der Waals surface area contributed by atoms with Crippen molar-refractivity contribution in [2.24, 2.45) is 7.05 Å². The molecule has 7 heteroatoms. The van der Waals surface area contributed by atoms with Crippen LogP contribution in [0.5, 0.6) is 0 Å². The first kappa shape index (κ1) is 17.5. The first-order valence-electron chi connectivity index (χ1n) is 8.83.